The van der Waals surface area contributed by atoms with Gasteiger partial charge in [0.25, 0.3) is 5.92 Å². The van der Waals surface area contributed by atoms with E-state index in [4.69, 9.17) is 0 Å². The van der Waals surface area contributed by atoms with Crippen LogP contribution in [-0.4, -0.2) is 47.7 Å². The summed E-state index contributed by atoms with van der Waals surface area (Å²) in [5.74, 6) is -3.19. The number of hydrogen-bond acceptors (Lipinski definition) is 3. The van der Waals surface area contributed by atoms with Crippen molar-refractivity contribution in [2.45, 2.75) is 76.3 Å². The minimum absolute atomic E-state index is 0.0104. The lowest BCUT2D eigenvalue weighted by molar-refractivity contribution is -0.140. The van der Waals surface area contributed by atoms with Crippen LogP contribution in [0.5, 0.6) is 0 Å². The predicted octanol–water partition coefficient (Wildman–Crippen LogP) is 6.67. The third kappa shape index (κ3) is 7.38. The van der Waals surface area contributed by atoms with Crippen molar-refractivity contribution in [3.63, 3.8) is 0 Å². The van der Waals surface area contributed by atoms with Gasteiger partial charge in [0.05, 0.1) is 0 Å². The topological polar surface area (TPSA) is 52.6 Å². The van der Waals surface area contributed by atoms with Gasteiger partial charge >= 0.3 is 5.97 Å². The summed E-state index contributed by atoms with van der Waals surface area (Å²) in [4.78, 5) is 14.3. The molecule has 1 aliphatic heterocycles. The molecular weight excluding hydrogens is 489 g/mol. The van der Waals surface area contributed by atoms with Gasteiger partial charge in [-0.25, -0.2) is 13.2 Å². The zero-order chi connectivity index (χ0) is 27.3. The number of benzene rings is 2. The van der Waals surface area contributed by atoms with Crippen LogP contribution >= 0.6 is 0 Å². The molecule has 7 heteroatoms. The number of alkyl halides is 2. The molecule has 2 aliphatic rings. The van der Waals surface area contributed by atoms with Crippen molar-refractivity contribution in [2.24, 2.45) is 17.8 Å². The van der Waals surface area contributed by atoms with Crippen molar-refractivity contribution in [1.29, 1.82) is 0 Å². The van der Waals surface area contributed by atoms with E-state index in [1.165, 1.54) is 17.7 Å². The number of nitrogens with zero attached hydrogens (tertiary/aromatic N) is 1. The first kappa shape index (κ1) is 28.6. The van der Waals surface area contributed by atoms with Crippen molar-refractivity contribution in [1.82, 2.24) is 10.2 Å². The highest BCUT2D eigenvalue weighted by Crippen LogP contribution is 2.41. The Labute approximate surface area is 224 Å². The Morgan fingerprint density at radius 3 is 2.32 bits per heavy atom. The Balaban J connectivity index is 1.31. The number of hydrogen-bond donors (Lipinski definition) is 2. The SMILES string of the molecule is CC(C)C(NC1C[C@H](CN2CCC(CCC(F)(F)c3ccc(F)cc3)CC2)[C@@H](c2ccccc2)C1)C(=O)O. The Morgan fingerprint density at radius 1 is 1.05 bits per heavy atom. The molecular formula is C31H41F3N2O2. The molecule has 208 valence electrons. The fourth-order valence-electron chi connectivity index (χ4n) is 6.39. The lowest BCUT2D eigenvalue weighted by Gasteiger charge is -2.35. The van der Waals surface area contributed by atoms with Crippen molar-refractivity contribution in [3.8, 4) is 0 Å². The van der Waals surface area contributed by atoms with Crippen LogP contribution in [0.2, 0.25) is 0 Å². The van der Waals surface area contributed by atoms with Gasteiger partial charge in [0.15, 0.2) is 0 Å². The van der Waals surface area contributed by atoms with E-state index in [0.29, 0.717) is 18.3 Å². The van der Waals surface area contributed by atoms with Gasteiger partial charge in [-0.1, -0.05) is 56.3 Å². The average molecular weight is 531 g/mol. The van der Waals surface area contributed by atoms with Gasteiger partial charge in [-0.3, -0.25) is 4.79 Å². The molecule has 0 aromatic heterocycles. The quantitative estimate of drug-likeness (QED) is 0.341. The Hall–Kier alpha value is -2.38. The molecule has 1 heterocycles. The minimum atomic E-state index is -2.94. The lowest BCUT2D eigenvalue weighted by atomic mass is 9.86. The smallest absolute Gasteiger partial charge is 0.320 e. The molecule has 2 N–H and O–H groups in total. The largest absolute Gasteiger partial charge is 0.480 e. The second-order valence-corrected chi connectivity index (χ2v) is 11.7. The molecule has 2 fully saturated rings. The van der Waals surface area contributed by atoms with Crippen LogP contribution in [0.4, 0.5) is 13.2 Å². The van der Waals surface area contributed by atoms with Gasteiger partial charge in [-0.15, -0.1) is 0 Å². The van der Waals surface area contributed by atoms with E-state index in [-0.39, 0.29) is 29.9 Å². The van der Waals surface area contributed by atoms with Gasteiger partial charge in [0.2, 0.25) is 0 Å². The van der Waals surface area contributed by atoms with Gasteiger partial charge in [0, 0.05) is 24.6 Å². The summed E-state index contributed by atoms with van der Waals surface area (Å²) in [6, 6.07) is 14.6. The molecule has 2 aromatic rings. The Kier molecular flexibility index (Phi) is 9.53. The van der Waals surface area contributed by atoms with Crippen LogP contribution in [-0.2, 0) is 10.7 Å². The summed E-state index contributed by atoms with van der Waals surface area (Å²) in [6.07, 6.45) is 3.90. The highest BCUT2D eigenvalue weighted by atomic mass is 19.3. The zero-order valence-electron chi connectivity index (χ0n) is 22.5. The first-order valence-corrected chi connectivity index (χ1v) is 14.0. The van der Waals surface area contributed by atoms with Crippen LogP contribution in [0.1, 0.15) is 69.4 Å². The first-order valence-electron chi connectivity index (χ1n) is 14.0. The van der Waals surface area contributed by atoms with Crippen LogP contribution in [0.25, 0.3) is 0 Å². The molecule has 0 bridgehead atoms. The standard InChI is InChI=1S/C31H41F3N2O2/c1-21(2)29(30(37)38)35-27-18-24(28(19-27)23-6-4-3-5-7-23)20-36-16-13-22(14-17-36)12-15-31(33,34)25-8-10-26(32)11-9-25/h3-11,21-22,24,27-29,35H,12-20H2,1-2H3,(H,37,38)/t24-,27?,28-,29?/m1/s1. The zero-order valence-corrected chi connectivity index (χ0v) is 22.5. The Morgan fingerprint density at radius 2 is 1.71 bits per heavy atom. The fourth-order valence-corrected chi connectivity index (χ4v) is 6.39. The number of likely N-dealkylation sites (tertiary alicyclic amines) is 1. The second-order valence-electron chi connectivity index (χ2n) is 11.7. The molecule has 38 heavy (non-hydrogen) atoms. The summed E-state index contributed by atoms with van der Waals surface area (Å²) in [7, 11) is 0. The van der Waals surface area contributed by atoms with Crippen molar-refractivity contribution in [2.75, 3.05) is 19.6 Å². The second kappa shape index (κ2) is 12.6. The summed E-state index contributed by atoms with van der Waals surface area (Å²) in [5, 5.41) is 13.1. The molecule has 2 aromatic carbocycles. The molecule has 0 spiro atoms. The maximum absolute atomic E-state index is 14.6. The summed E-state index contributed by atoms with van der Waals surface area (Å²) >= 11 is 0. The molecule has 4 rings (SSSR count). The maximum Gasteiger partial charge on any atom is 0.320 e. The van der Waals surface area contributed by atoms with Crippen LogP contribution in [0.3, 0.4) is 0 Å². The van der Waals surface area contributed by atoms with Crippen LogP contribution in [0.15, 0.2) is 54.6 Å². The van der Waals surface area contributed by atoms with E-state index in [1.807, 2.05) is 19.9 Å². The molecule has 1 saturated heterocycles. The van der Waals surface area contributed by atoms with Gasteiger partial charge < -0.3 is 15.3 Å². The number of piperidine rings is 1. The molecule has 4 atom stereocenters. The van der Waals surface area contributed by atoms with Crippen molar-refractivity contribution in [3.05, 3.63) is 71.5 Å². The number of nitrogens with one attached hydrogen (secondary N) is 1. The molecule has 1 saturated carbocycles. The van der Waals surface area contributed by atoms with Crippen molar-refractivity contribution >= 4 is 5.97 Å². The third-order valence-electron chi connectivity index (χ3n) is 8.60. The van der Waals surface area contributed by atoms with Gasteiger partial charge in [-0.2, -0.15) is 0 Å². The van der Waals surface area contributed by atoms with Crippen LogP contribution < -0.4 is 5.32 Å². The maximum atomic E-state index is 14.6. The van der Waals surface area contributed by atoms with Gasteiger partial charge in [0.1, 0.15) is 11.9 Å². The molecule has 1 aliphatic carbocycles. The van der Waals surface area contributed by atoms with Gasteiger partial charge in [-0.05, 0) is 86.6 Å². The molecule has 0 amide bonds. The first-order chi connectivity index (χ1) is 18.1. The minimum Gasteiger partial charge on any atom is -0.480 e. The number of halogens is 3. The summed E-state index contributed by atoms with van der Waals surface area (Å²) in [5.41, 5.74) is 1.19. The lowest BCUT2D eigenvalue weighted by Crippen LogP contribution is -2.46. The Bertz CT molecular complexity index is 1020. The molecule has 0 radical (unpaired) electrons. The van der Waals surface area contributed by atoms with E-state index in [0.717, 1.165) is 57.5 Å². The summed E-state index contributed by atoms with van der Waals surface area (Å²) < 4.78 is 42.4. The summed E-state index contributed by atoms with van der Waals surface area (Å²) in [6.45, 7) is 6.61. The molecule has 2 unspecified atom stereocenters. The van der Waals surface area contributed by atoms with E-state index in [1.54, 1.807) is 0 Å². The average Bonchev–Trinajstić information content (AvgIpc) is 3.29. The third-order valence-corrected chi connectivity index (χ3v) is 8.60. The number of carboxylic acid groups (broad SMARTS) is 1. The number of carboxylic acids is 1. The number of aliphatic carboxylic acids is 1. The van der Waals surface area contributed by atoms with Crippen molar-refractivity contribution < 1.29 is 23.1 Å². The van der Waals surface area contributed by atoms with E-state index < -0.39 is 23.8 Å². The highest BCUT2D eigenvalue weighted by molar-refractivity contribution is 5.73. The van der Waals surface area contributed by atoms with E-state index >= 15 is 0 Å². The monoisotopic (exact) mass is 530 g/mol. The number of carbonyl (C=O) groups is 1. The fraction of sp³-hybridized carbons (Fsp3) is 0.581. The molecule has 4 nitrogen and oxygen atoms in total. The predicted molar refractivity (Wildman–Crippen MR) is 144 cm³/mol. The van der Waals surface area contributed by atoms with Crippen LogP contribution in [0, 0.1) is 23.6 Å². The van der Waals surface area contributed by atoms with E-state index in [9.17, 15) is 23.1 Å². The normalized spacial score (nSPS) is 24.1. The highest BCUT2D eigenvalue weighted by Gasteiger charge is 2.39. The van der Waals surface area contributed by atoms with E-state index in [2.05, 4.69) is 34.5 Å². The number of rotatable bonds is 11.